The van der Waals surface area contributed by atoms with Crippen molar-refractivity contribution >= 4 is 40.0 Å². The highest BCUT2D eigenvalue weighted by molar-refractivity contribution is 14.0. The Kier molecular flexibility index (Phi) is 8.47. The van der Waals surface area contributed by atoms with E-state index in [1.165, 1.54) is 24.5 Å². The fourth-order valence-corrected chi connectivity index (χ4v) is 4.49. The van der Waals surface area contributed by atoms with Gasteiger partial charge in [-0.15, -0.1) is 24.0 Å². The predicted octanol–water partition coefficient (Wildman–Crippen LogP) is 3.13. The number of guanidine groups is 1. The van der Waals surface area contributed by atoms with Gasteiger partial charge < -0.3 is 10.6 Å². The zero-order chi connectivity index (χ0) is 20.0. The maximum absolute atomic E-state index is 11.5. The summed E-state index contributed by atoms with van der Waals surface area (Å²) < 4.78 is 23.0. The monoisotopic (exact) mass is 528 g/mol. The van der Waals surface area contributed by atoms with Gasteiger partial charge in [0.25, 0.3) is 0 Å². The Morgan fingerprint density at radius 2 is 1.76 bits per heavy atom. The molecule has 0 bridgehead atoms. The van der Waals surface area contributed by atoms with Gasteiger partial charge in [-0.05, 0) is 36.1 Å². The second kappa shape index (κ2) is 10.4. The van der Waals surface area contributed by atoms with Crippen molar-refractivity contribution < 1.29 is 8.42 Å². The number of primary sulfonamides is 1. The number of benzene rings is 2. The topological polar surface area (TPSA) is 96.6 Å². The van der Waals surface area contributed by atoms with Crippen molar-refractivity contribution in [2.45, 2.75) is 42.5 Å². The van der Waals surface area contributed by atoms with E-state index in [1.54, 1.807) is 19.2 Å². The molecular formula is C21H29IN4O2S. The number of rotatable bonds is 6. The lowest BCUT2D eigenvalue weighted by Gasteiger charge is -2.30. The molecule has 0 aliphatic heterocycles. The van der Waals surface area contributed by atoms with Crippen molar-refractivity contribution in [1.82, 2.24) is 10.6 Å². The third kappa shape index (κ3) is 6.16. The highest BCUT2D eigenvalue weighted by Crippen LogP contribution is 2.40. The number of nitrogens with one attached hydrogen (secondary N) is 2. The molecular weight excluding hydrogens is 499 g/mol. The molecule has 0 heterocycles. The number of nitrogens with zero attached hydrogens (tertiary/aromatic N) is 1. The molecule has 6 nitrogen and oxygen atoms in total. The maximum atomic E-state index is 11.5. The van der Waals surface area contributed by atoms with Gasteiger partial charge in [0.2, 0.25) is 10.0 Å². The summed E-state index contributed by atoms with van der Waals surface area (Å²) in [5.41, 5.74) is 2.33. The van der Waals surface area contributed by atoms with Gasteiger partial charge in [-0.1, -0.05) is 55.3 Å². The van der Waals surface area contributed by atoms with Gasteiger partial charge in [0.05, 0.1) is 4.90 Å². The lowest BCUT2D eigenvalue weighted by Crippen LogP contribution is -2.44. The van der Waals surface area contributed by atoms with Crippen molar-refractivity contribution in [2.24, 2.45) is 10.1 Å². The molecule has 1 saturated carbocycles. The first kappa shape index (κ1) is 23.6. The molecule has 0 saturated heterocycles. The van der Waals surface area contributed by atoms with Crippen molar-refractivity contribution in [2.75, 3.05) is 13.6 Å². The van der Waals surface area contributed by atoms with Crippen LogP contribution in [0.1, 0.15) is 36.8 Å². The number of aliphatic imine (C=N–C) groups is 1. The van der Waals surface area contributed by atoms with Crippen molar-refractivity contribution in [3.8, 4) is 0 Å². The van der Waals surface area contributed by atoms with E-state index in [9.17, 15) is 8.42 Å². The normalized spacial score (nSPS) is 16.1. The molecule has 2 aromatic rings. The molecule has 0 unspecified atom stereocenters. The van der Waals surface area contributed by atoms with Crippen LogP contribution in [0.15, 0.2) is 64.5 Å². The lowest BCUT2D eigenvalue weighted by atomic mass is 9.79. The molecule has 158 valence electrons. The average molecular weight is 528 g/mol. The first-order chi connectivity index (χ1) is 13.4. The molecule has 0 amide bonds. The smallest absolute Gasteiger partial charge is 0.238 e. The zero-order valence-electron chi connectivity index (χ0n) is 16.6. The molecule has 1 aliphatic carbocycles. The summed E-state index contributed by atoms with van der Waals surface area (Å²) in [6.45, 7) is 1.27. The summed E-state index contributed by atoms with van der Waals surface area (Å²) in [7, 11) is -1.97. The van der Waals surface area contributed by atoms with Crippen LogP contribution in [0.5, 0.6) is 0 Å². The summed E-state index contributed by atoms with van der Waals surface area (Å²) in [6, 6.07) is 17.3. The first-order valence-corrected chi connectivity index (χ1v) is 11.1. The Balaban J connectivity index is 0.00000300. The molecule has 1 fully saturated rings. The van der Waals surface area contributed by atoms with Gasteiger partial charge in [-0.25, -0.2) is 13.6 Å². The molecule has 0 spiro atoms. The van der Waals surface area contributed by atoms with Crippen LogP contribution < -0.4 is 15.8 Å². The van der Waals surface area contributed by atoms with Crippen molar-refractivity contribution in [3.05, 3.63) is 65.7 Å². The fourth-order valence-electron chi connectivity index (χ4n) is 3.90. The molecule has 1 aliphatic rings. The number of hydrogen-bond acceptors (Lipinski definition) is 3. The Morgan fingerprint density at radius 3 is 2.38 bits per heavy atom. The lowest BCUT2D eigenvalue weighted by molar-refractivity contribution is 0.431. The summed E-state index contributed by atoms with van der Waals surface area (Å²) in [4.78, 5) is 4.43. The minimum Gasteiger partial charge on any atom is -0.356 e. The molecule has 29 heavy (non-hydrogen) atoms. The van der Waals surface area contributed by atoms with E-state index in [-0.39, 0.29) is 34.3 Å². The van der Waals surface area contributed by atoms with Gasteiger partial charge in [-0.2, -0.15) is 0 Å². The van der Waals surface area contributed by atoms with E-state index >= 15 is 0 Å². The average Bonchev–Trinajstić information content (AvgIpc) is 3.19. The Morgan fingerprint density at radius 1 is 1.07 bits per heavy atom. The highest BCUT2D eigenvalue weighted by Gasteiger charge is 2.35. The van der Waals surface area contributed by atoms with Crippen molar-refractivity contribution in [3.63, 3.8) is 0 Å². The number of nitrogens with two attached hydrogens (primary N) is 1. The standard InChI is InChI=1S/C21H28N4O2S.HI/c1-23-20(24-15-17-8-7-11-19(14-17)28(22,26)27)25-16-21(12-5-6-13-21)18-9-3-2-4-10-18;/h2-4,7-11,14H,5-6,12-13,15-16H2,1H3,(H2,22,26,27)(H2,23,24,25);1H. The van der Waals surface area contributed by atoms with E-state index < -0.39 is 10.0 Å². The second-order valence-electron chi connectivity index (χ2n) is 7.33. The Hall–Kier alpha value is -1.65. The predicted molar refractivity (Wildman–Crippen MR) is 128 cm³/mol. The quantitative estimate of drug-likeness (QED) is 0.305. The van der Waals surface area contributed by atoms with Crippen molar-refractivity contribution in [1.29, 1.82) is 0 Å². The van der Waals surface area contributed by atoms with Gasteiger partial charge in [-0.3, -0.25) is 4.99 Å². The van der Waals surface area contributed by atoms with Crippen LogP contribution in [0, 0.1) is 0 Å². The van der Waals surface area contributed by atoms with Crippen LogP contribution in [-0.4, -0.2) is 28.0 Å². The molecule has 8 heteroatoms. The zero-order valence-corrected chi connectivity index (χ0v) is 19.7. The van der Waals surface area contributed by atoms with Gasteiger partial charge in [0.15, 0.2) is 5.96 Å². The minimum atomic E-state index is -3.70. The van der Waals surface area contributed by atoms with Crippen LogP contribution in [-0.2, 0) is 22.0 Å². The fraction of sp³-hybridized carbons (Fsp3) is 0.381. The number of sulfonamides is 1. The molecule has 4 N–H and O–H groups in total. The van der Waals surface area contributed by atoms with Gasteiger partial charge in [0, 0.05) is 25.6 Å². The third-order valence-electron chi connectivity index (χ3n) is 5.45. The molecule has 0 atom stereocenters. The number of hydrogen-bond donors (Lipinski definition) is 3. The minimum absolute atomic E-state index is 0. The van der Waals surface area contributed by atoms with Crippen LogP contribution >= 0.6 is 24.0 Å². The number of halogens is 1. The summed E-state index contributed by atoms with van der Waals surface area (Å²) >= 11 is 0. The van der Waals surface area contributed by atoms with E-state index in [0.717, 1.165) is 24.9 Å². The summed E-state index contributed by atoms with van der Waals surface area (Å²) in [5, 5.41) is 11.9. The summed E-state index contributed by atoms with van der Waals surface area (Å²) in [5.74, 6) is 0.697. The largest absolute Gasteiger partial charge is 0.356 e. The van der Waals surface area contributed by atoms with E-state index in [0.29, 0.717) is 12.5 Å². The van der Waals surface area contributed by atoms with Crippen LogP contribution in [0.25, 0.3) is 0 Å². The van der Waals surface area contributed by atoms with Crippen LogP contribution in [0.2, 0.25) is 0 Å². The van der Waals surface area contributed by atoms with Crippen LogP contribution in [0.3, 0.4) is 0 Å². The van der Waals surface area contributed by atoms with Gasteiger partial charge in [0.1, 0.15) is 0 Å². The van der Waals surface area contributed by atoms with Gasteiger partial charge >= 0.3 is 0 Å². The highest BCUT2D eigenvalue weighted by atomic mass is 127. The summed E-state index contributed by atoms with van der Waals surface area (Å²) in [6.07, 6.45) is 4.81. The molecule has 0 aromatic heterocycles. The van der Waals surface area contributed by atoms with E-state index in [2.05, 4.69) is 46.0 Å². The molecule has 2 aromatic carbocycles. The Bertz CT molecular complexity index is 927. The first-order valence-electron chi connectivity index (χ1n) is 9.55. The third-order valence-corrected chi connectivity index (χ3v) is 6.36. The van der Waals surface area contributed by atoms with E-state index in [4.69, 9.17) is 5.14 Å². The molecule has 3 rings (SSSR count). The Labute approximate surface area is 190 Å². The molecule has 0 radical (unpaired) electrons. The second-order valence-corrected chi connectivity index (χ2v) is 8.89. The maximum Gasteiger partial charge on any atom is 0.238 e. The van der Waals surface area contributed by atoms with Crippen LogP contribution in [0.4, 0.5) is 0 Å². The SMILES string of the molecule is CN=C(NCc1cccc(S(N)(=O)=O)c1)NCC1(c2ccccc2)CCCC1.I. The van der Waals surface area contributed by atoms with E-state index in [1.807, 2.05) is 6.07 Å².